The SMILES string of the molecule is CCN(CC(=O)O)C1CC(NC(=O)c2cccc(OCc3ccccc3)c2)C1. The standard InChI is InChI=1S/C22H26N2O4/c1-2-24(14-21(25)26)19-12-18(13-19)23-22(27)17-9-6-10-20(11-17)28-15-16-7-4-3-5-8-16/h3-11,18-19H,2,12-15H2,1H3,(H,23,27)(H,25,26). The zero-order valence-electron chi connectivity index (χ0n) is 16.0. The van der Waals surface area contributed by atoms with Crippen LogP contribution in [0.1, 0.15) is 35.7 Å². The maximum atomic E-state index is 12.5. The monoisotopic (exact) mass is 382 g/mol. The molecule has 1 amide bonds. The Morgan fingerprint density at radius 2 is 1.89 bits per heavy atom. The zero-order chi connectivity index (χ0) is 19.9. The minimum Gasteiger partial charge on any atom is -0.489 e. The predicted molar refractivity (Wildman–Crippen MR) is 106 cm³/mol. The normalized spacial score (nSPS) is 18.4. The fourth-order valence-electron chi connectivity index (χ4n) is 3.41. The molecular weight excluding hydrogens is 356 g/mol. The van der Waals surface area contributed by atoms with Gasteiger partial charge in [0.2, 0.25) is 0 Å². The van der Waals surface area contributed by atoms with E-state index >= 15 is 0 Å². The number of nitrogens with zero attached hydrogens (tertiary/aromatic N) is 1. The van der Waals surface area contributed by atoms with Crippen molar-refractivity contribution in [3.63, 3.8) is 0 Å². The van der Waals surface area contributed by atoms with Crippen LogP contribution < -0.4 is 10.1 Å². The third kappa shape index (κ3) is 5.33. The molecular formula is C22H26N2O4. The number of ether oxygens (including phenoxy) is 1. The summed E-state index contributed by atoms with van der Waals surface area (Å²) in [7, 11) is 0. The number of carbonyl (C=O) groups excluding carboxylic acids is 1. The van der Waals surface area contributed by atoms with Gasteiger partial charge in [-0.25, -0.2) is 0 Å². The van der Waals surface area contributed by atoms with Gasteiger partial charge in [0.05, 0.1) is 6.54 Å². The van der Waals surface area contributed by atoms with Gasteiger partial charge in [-0.3, -0.25) is 14.5 Å². The van der Waals surface area contributed by atoms with Gasteiger partial charge >= 0.3 is 5.97 Å². The highest BCUT2D eigenvalue weighted by Crippen LogP contribution is 2.26. The van der Waals surface area contributed by atoms with Crippen molar-refractivity contribution in [2.45, 2.75) is 38.5 Å². The number of amides is 1. The van der Waals surface area contributed by atoms with Crippen LogP contribution >= 0.6 is 0 Å². The van der Waals surface area contributed by atoms with Gasteiger partial charge in [-0.2, -0.15) is 0 Å². The number of aliphatic carboxylic acids is 1. The largest absolute Gasteiger partial charge is 0.489 e. The molecule has 0 saturated heterocycles. The summed E-state index contributed by atoms with van der Waals surface area (Å²) >= 11 is 0. The number of likely N-dealkylation sites (N-methyl/N-ethyl adjacent to an activating group) is 1. The number of hydrogen-bond acceptors (Lipinski definition) is 4. The molecule has 0 aliphatic heterocycles. The Bertz CT molecular complexity index is 803. The van der Waals surface area contributed by atoms with Gasteiger partial charge in [-0.05, 0) is 43.1 Å². The quantitative estimate of drug-likeness (QED) is 0.697. The number of benzene rings is 2. The molecule has 0 aromatic heterocycles. The minimum atomic E-state index is -0.818. The van der Waals surface area contributed by atoms with Crippen LogP contribution in [0.3, 0.4) is 0 Å². The van der Waals surface area contributed by atoms with E-state index in [0.717, 1.165) is 18.4 Å². The second-order valence-corrected chi connectivity index (χ2v) is 7.05. The van der Waals surface area contributed by atoms with Crippen molar-refractivity contribution >= 4 is 11.9 Å². The van der Waals surface area contributed by atoms with E-state index in [1.54, 1.807) is 12.1 Å². The van der Waals surface area contributed by atoms with Crippen molar-refractivity contribution in [3.8, 4) is 5.75 Å². The van der Waals surface area contributed by atoms with Gasteiger partial charge in [0.15, 0.2) is 0 Å². The molecule has 0 atom stereocenters. The highest BCUT2D eigenvalue weighted by Gasteiger charge is 2.34. The number of hydrogen-bond donors (Lipinski definition) is 2. The Labute approximate surface area is 165 Å². The van der Waals surface area contributed by atoms with Crippen LogP contribution in [0.15, 0.2) is 54.6 Å². The second kappa shape index (κ2) is 9.37. The molecule has 6 heteroatoms. The Morgan fingerprint density at radius 3 is 2.57 bits per heavy atom. The smallest absolute Gasteiger partial charge is 0.317 e. The molecule has 0 spiro atoms. The zero-order valence-corrected chi connectivity index (χ0v) is 16.0. The lowest BCUT2D eigenvalue weighted by atomic mass is 9.85. The number of rotatable bonds is 9. The molecule has 0 radical (unpaired) electrons. The van der Waals surface area contributed by atoms with Crippen LogP contribution in [0.25, 0.3) is 0 Å². The van der Waals surface area contributed by atoms with Crippen molar-refractivity contribution in [1.82, 2.24) is 10.2 Å². The molecule has 0 unspecified atom stereocenters. The maximum Gasteiger partial charge on any atom is 0.317 e. The van der Waals surface area contributed by atoms with Gasteiger partial charge in [-0.1, -0.05) is 43.3 Å². The van der Waals surface area contributed by atoms with Crippen LogP contribution in [0, 0.1) is 0 Å². The average Bonchev–Trinajstić information content (AvgIpc) is 2.68. The van der Waals surface area contributed by atoms with E-state index in [2.05, 4.69) is 5.32 Å². The molecule has 0 bridgehead atoms. The van der Waals surface area contributed by atoms with E-state index in [1.165, 1.54) is 0 Å². The van der Waals surface area contributed by atoms with Gasteiger partial charge < -0.3 is 15.2 Å². The summed E-state index contributed by atoms with van der Waals surface area (Å²) in [6.07, 6.45) is 1.55. The number of nitrogens with one attached hydrogen (secondary N) is 1. The lowest BCUT2D eigenvalue weighted by Crippen LogP contribution is -2.54. The first-order valence-electron chi connectivity index (χ1n) is 9.58. The summed E-state index contributed by atoms with van der Waals surface area (Å²) < 4.78 is 5.79. The molecule has 1 aliphatic rings. The van der Waals surface area contributed by atoms with Crippen LogP contribution in [0.4, 0.5) is 0 Å². The highest BCUT2D eigenvalue weighted by atomic mass is 16.5. The molecule has 2 aromatic rings. The molecule has 1 saturated carbocycles. The van der Waals surface area contributed by atoms with E-state index in [1.807, 2.05) is 54.3 Å². The number of carbonyl (C=O) groups is 2. The molecule has 2 N–H and O–H groups in total. The summed E-state index contributed by atoms with van der Waals surface area (Å²) in [6.45, 7) is 3.14. The Morgan fingerprint density at radius 1 is 1.14 bits per heavy atom. The lowest BCUT2D eigenvalue weighted by molar-refractivity contribution is -0.139. The summed E-state index contributed by atoms with van der Waals surface area (Å²) in [5, 5.41) is 12.0. The van der Waals surface area contributed by atoms with Gasteiger partial charge in [-0.15, -0.1) is 0 Å². The summed E-state index contributed by atoms with van der Waals surface area (Å²) in [5.74, 6) is -0.293. The third-order valence-corrected chi connectivity index (χ3v) is 5.05. The van der Waals surface area contributed by atoms with Crippen LogP contribution in [0.5, 0.6) is 5.75 Å². The Hall–Kier alpha value is -2.86. The summed E-state index contributed by atoms with van der Waals surface area (Å²) in [6, 6.07) is 17.3. The molecule has 0 heterocycles. The van der Waals surface area contributed by atoms with Crippen molar-refractivity contribution in [3.05, 3.63) is 65.7 Å². The van der Waals surface area contributed by atoms with E-state index in [0.29, 0.717) is 24.5 Å². The third-order valence-electron chi connectivity index (χ3n) is 5.05. The van der Waals surface area contributed by atoms with Gasteiger partial charge in [0.25, 0.3) is 5.91 Å². The van der Waals surface area contributed by atoms with Gasteiger partial charge in [0.1, 0.15) is 12.4 Å². The highest BCUT2D eigenvalue weighted by molar-refractivity contribution is 5.94. The summed E-state index contributed by atoms with van der Waals surface area (Å²) in [5.41, 5.74) is 1.63. The maximum absolute atomic E-state index is 12.5. The number of carboxylic acids is 1. The van der Waals surface area contributed by atoms with E-state index in [9.17, 15) is 9.59 Å². The van der Waals surface area contributed by atoms with Crippen LogP contribution in [0.2, 0.25) is 0 Å². The van der Waals surface area contributed by atoms with Crippen molar-refractivity contribution in [2.75, 3.05) is 13.1 Å². The van der Waals surface area contributed by atoms with E-state index in [-0.39, 0.29) is 24.5 Å². The van der Waals surface area contributed by atoms with Crippen LogP contribution in [-0.4, -0.2) is 47.1 Å². The Kier molecular flexibility index (Phi) is 6.66. The number of carboxylic acid groups (broad SMARTS) is 1. The van der Waals surface area contributed by atoms with Crippen molar-refractivity contribution in [2.24, 2.45) is 0 Å². The Balaban J connectivity index is 1.49. The average molecular weight is 382 g/mol. The lowest BCUT2D eigenvalue weighted by Gasteiger charge is -2.42. The minimum absolute atomic E-state index is 0.0443. The molecule has 1 fully saturated rings. The molecule has 6 nitrogen and oxygen atoms in total. The fraction of sp³-hybridized carbons (Fsp3) is 0.364. The van der Waals surface area contributed by atoms with Crippen LogP contribution in [-0.2, 0) is 11.4 Å². The van der Waals surface area contributed by atoms with Gasteiger partial charge in [0, 0.05) is 17.6 Å². The first-order valence-corrected chi connectivity index (χ1v) is 9.58. The fourth-order valence-corrected chi connectivity index (χ4v) is 3.41. The van der Waals surface area contributed by atoms with E-state index < -0.39 is 5.97 Å². The second-order valence-electron chi connectivity index (χ2n) is 7.05. The molecule has 1 aliphatic carbocycles. The molecule has 28 heavy (non-hydrogen) atoms. The first-order chi connectivity index (χ1) is 13.5. The molecule has 3 rings (SSSR count). The van der Waals surface area contributed by atoms with E-state index in [4.69, 9.17) is 9.84 Å². The topological polar surface area (TPSA) is 78.9 Å². The van der Waals surface area contributed by atoms with Crippen molar-refractivity contribution < 1.29 is 19.4 Å². The van der Waals surface area contributed by atoms with Crippen molar-refractivity contribution in [1.29, 1.82) is 0 Å². The predicted octanol–water partition coefficient (Wildman–Crippen LogP) is 2.93. The molecule has 2 aromatic carbocycles. The summed E-state index contributed by atoms with van der Waals surface area (Å²) in [4.78, 5) is 25.4. The molecule has 148 valence electrons. The first kappa shape index (κ1) is 19.9.